The summed E-state index contributed by atoms with van der Waals surface area (Å²) < 4.78 is 40.2. The van der Waals surface area contributed by atoms with Crippen molar-refractivity contribution in [3.63, 3.8) is 0 Å². The number of aryl methyl sites for hydroxylation is 1. The van der Waals surface area contributed by atoms with E-state index in [2.05, 4.69) is 20.0 Å². The molecule has 46 heavy (non-hydrogen) atoms. The lowest BCUT2D eigenvalue weighted by Gasteiger charge is -2.34. The van der Waals surface area contributed by atoms with Crippen molar-refractivity contribution in [2.24, 2.45) is 0 Å². The van der Waals surface area contributed by atoms with Crippen LogP contribution in [0.1, 0.15) is 58.9 Å². The van der Waals surface area contributed by atoms with Crippen molar-refractivity contribution in [1.82, 2.24) is 19.9 Å². The second kappa shape index (κ2) is 13.9. The van der Waals surface area contributed by atoms with E-state index >= 15 is 0 Å². The summed E-state index contributed by atoms with van der Waals surface area (Å²) in [5.74, 6) is 1.42. The molecule has 0 spiro atoms. The molecule has 2 N–H and O–H groups in total. The molecule has 1 atom stereocenters. The number of sulfonamides is 1. The molecule has 11 nitrogen and oxygen atoms in total. The van der Waals surface area contributed by atoms with Crippen molar-refractivity contribution < 1.29 is 22.7 Å². The van der Waals surface area contributed by atoms with Gasteiger partial charge in [-0.05, 0) is 76.8 Å². The number of hydrogen-bond donors (Lipinski definition) is 2. The average Bonchev–Trinajstić information content (AvgIpc) is 3.01. The Balaban J connectivity index is 1.39. The predicted octanol–water partition coefficient (Wildman–Crippen LogP) is 7.15. The molecule has 1 saturated heterocycles. The Bertz CT molecular complexity index is 1810. The summed E-state index contributed by atoms with van der Waals surface area (Å²) >= 11 is 0. The number of hydrogen-bond acceptors (Lipinski definition) is 9. The van der Waals surface area contributed by atoms with E-state index in [0.29, 0.717) is 54.0 Å². The van der Waals surface area contributed by atoms with Gasteiger partial charge in [-0.1, -0.05) is 37.6 Å². The molecule has 1 aliphatic heterocycles. The molecular formula is C34H42N6O5S. The Labute approximate surface area is 270 Å². The first kappa shape index (κ1) is 32.9. The quantitative estimate of drug-likeness (QED) is 0.184. The number of carbonyl (C=O) groups is 1. The maximum atomic E-state index is 12.7. The number of ether oxygens (including phenoxy) is 2. The molecule has 2 aromatic heterocycles. The van der Waals surface area contributed by atoms with Gasteiger partial charge in [0.1, 0.15) is 11.4 Å². The van der Waals surface area contributed by atoms with Crippen LogP contribution in [0.5, 0.6) is 11.6 Å². The van der Waals surface area contributed by atoms with Crippen LogP contribution in [0.2, 0.25) is 0 Å². The van der Waals surface area contributed by atoms with Crippen LogP contribution in [-0.2, 0) is 14.8 Å². The molecule has 2 aromatic carbocycles. The number of anilines is 2. The molecule has 1 fully saturated rings. The number of benzene rings is 2. The minimum Gasteiger partial charge on any atom is -0.444 e. The molecule has 0 bridgehead atoms. The third-order valence-corrected chi connectivity index (χ3v) is 8.91. The van der Waals surface area contributed by atoms with E-state index in [0.717, 1.165) is 35.6 Å². The largest absolute Gasteiger partial charge is 0.444 e. The number of nitrogens with one attached hydrogen (secondary N) is 2. The molecule has 3 heterocycles. The second-order valence-corrected chi connectivity index (χ2v) is 14.4. The van der Waals surface area contributed by atoms with Crippen LogP contribution in [0.4, 0.5) is 16.4 Å². The standard InChI is InChI=1S/C34H42N6O5S/c1-6-7-21-46(42,43)39-29-14-8-12-26-25(29)16-15-23(2)30(26)44-31-27(13-9-18-35-31)28-17-19-36-32(38-28)37-24-11-10-20-40(22-24)33(41)45-34(3,4)5/h8-9,12-19,24,39H,6-7,10-11,20-22H2,1-5H3,(H,36,37,38)/t24-/m0/s1. The third kappa shape index (κ3) is 8.22. The third-order valence-electron chi connectivity index (χ3n) is 7.55. The normalized spacial score (nSPS) is 15.4. The first-order valence-electron chi connectivity index (χ1n) is 15.7. The van der Waals surface area contributed by atoms with Crippen LogP contribution in [0.25, 0.3) is 22.0 Å². The van der Waals surface area contributed by atoms with E-state index in [1.54, 1.807) is 29.4 Å². The van der Waals surface area contributed by atoms with Gasteiger partial charge in [-0.25, -0.2) is 28.2 Å². The molecule has 5 rings (SSSR count). The number of nitrogens with zero attached hydrogens (tertiary/aromatic N) is 4. The zero-order valence-corrected chi connectivity index (χ0v) is 27.9. The fourth-order valence-corrected chi connectivity index (χ4v) is 6.61. The van der Waals surface area contributed by atoms with Gasteiger partial charge in [-0.15, -0.1) is 0 Å². The maximum absolute atomic E-state index is 12.7. The van der Waals surface area contributed by atoms with Crippen molar-refractivity contribution >= 4 is 38.5 Å². The van der Waals surface area contributed by atoms with Crippen molar-refractivity contribution in [2.45, 2.75) is 71.9 Å². The van der Waals surface area contributed by atoms with Crippen LogP contribution in [0.15, 0.2) is 60.9 Å². The monoisotopic (exact) mass is 646 g/mol. The van der Waals surface area contributed by atoms with Crippen LogP contribution < -0.4 is 14.8 Å². The SMILES string of the molecule is CCCCS(=O)(=O)Nc1cccc2c(Oc3ncccc3-c3ccnc(N[C@H]4CCCN(C(=O)OC(C)(C)C)C4)n3)c(C)ccc12. The lowest BCUT2D eigenvalue weighted by atomic mass is 10.0. The molecule has 0 radical (unpaired) electrons. The molecule has 1 aliphatic rings. The number of fused-ring (bicyclic) bond motifs is 1. The molecular weight excluding hydrogens is 604 g/mol. The van der Waals surface area contributed by atoms with Gasteiger partial charge in [0.2, 0.25) is 21.9 Å². The summed E-state index contributed by atoms with van der Waals surface area (Å²) in [6, 6.07) is 14.7. The van der Waals surface area contributed by atoms with E-state index < -0.39 is 15.6 Å². The molecule has 244 valence electrons. The van der Waals surface area contributed by atoms with Gasteiger partial charge in [-0.2, -0.15) is 0 Å². The van der Waals surface area contributed by atoms with Crippen LogP contribution in [0.3, 0.4) is 0 Å². The number of pyridine rings is 1. The van der Waals surface area contributed by atoms with E-state index in [1.807, 2.05) is 71.0 Å². The molecule has 0 unspecified atom stereocenters. The van der Waals surface area contributed by atoms with Gasteiger partial charge in [0.15, 0.2) is 0 Å². The van der Waals surface area contributed by atoms with Crippen molar-refractivity contribution in [2.75, 3.05) is 28.9 Å². The Kier molecular flexibility index (Phi) is 9.95. The zero-order chi connectivity index (χ0) is 32.9. The van der Waals surface area contributed by atoms with Crippen molar-refractivity contribution in [1.29, 1.82) is 0 Å². The summed E-state index contributed by atoms with van der Waals surface area (Å²) in [5.41, 5.74) is 2.09. The van der Waals surface area contributed by atoms with Crippen molar-refractivity contribution in [3.05, 3.63) is 66.5 Å². The molecule has 4 aromatic rings. The highest BCUT2D eigenvalue weighted by atomic mass is 32.2. The van der Waals surface area contributed by atoms with Gasteiger partial charge in [0, 0.05) is 42.3 Å². The van der Waals surface area contributed by atoms with Gasteiger partial charge < -0.3 is 19.7 Å². The molecule has 0 aliphatic carbocycles. The fraction of sp³-hybridized carbons (Fsp3) is 0.412. The summed E-state index contributed by atoms with van der Waals surface area (Å²) in [7, 11) is -3.49. The Morgan fingerprint density at radius 2 is 1.87 bits per heavy atom. The maximum Gasteiger partial charge on any atom is 0.410 e. The number of likely N-dealkylation sites (tertiary alicyclic amines) is 1. The van der Waals surface area contributed by atoms with E-state index in [4.69, 9.17) is 14.5 Å². The fourth-order valence-electron chi connectivity index (χ4n) is 5.33. The first-order valence-corrected chi connectivity index (χ1v) is 17.3. The molecule has 1 amide bonds. The highest BCUT2D eigenvalue weighted by Crippen LogP contribution is 2.39. The van der Waals surface area contributed by atoms with Gasteiger partial charge in [0.05, 0.1) is 22.7 Å². The second-order valence-electron chi connectivity index (χ2n) is 12.5. The van der Waals surface area contributed by atoms with E-state index in [9.17, 15) is 13.2 Å². The highest BCUT2D eigenvalue weighted by molar-refractivity contribution is 7.92. The Morgan fingerprint density at radius 3 is 2.65 bits per heavy atom. The minimum atomic E-state index is -3.49. The lowest BCUT2D eigenvalue weighted by Crippen LogP contribution is -2.47. The number of unbranched alkanes of at least 4 members (excludes halogenated alkanes) is 1. The topological polar surface area (TPSA) is 136 Å². The van der Waals surface area contributed by atoms with Gasteiger partial charge in [0.25, 0.3) is 0 Å². The molecule has 0 saturated carbocycles. The predicted molar refractivity (Wildman–Crippen MR) is 181 cm³/mol. The number of amides is 1. The first-order chi connectivity index (χ1) is 21.9. The van der Waals surface area contributed by atoms with Gasteiger partial charge >= 0.3 is 6.09 Å². The number of rotatable bonds is 10. The summed E-state index contributed by atoms with van der Waals surface area (Å²) in [6.45, 7) is 10.6. The number of carbonyl (C=O) groups excluding carboxylic acids is 1. The van der Waals surface area contributed by atoms with Crippen LogP contribution in [-0.4, -0.2) is 64.8 Å². The van der Waals surface area contributed by atoms with Crippen LogP contribution in [0, 0.1) is 6.92 Å². The number of aromatic nitrogens is 3. The minimum absolute atomic E-state index is 0.0342. The summed E-state index contributed by atoms with van der Waals surface area (Å²) in [4.78, 5) is 28.1. The Hall–Kier alpha value is -4.45. The smallest absolute Gasteiger partial charge is 0.410 e. The Morgan fingerprint density at radius 1 is 1.04 bits per heavy atom. The number of piperidine rings is 1. The zero-order valence-electron chi connectivity index (χ0n) is 27.0. The van der Waals surface area contributed by atoms with Gasteiger partial charge in [-0.3, -0.25) is 4.72 Å². The van der Waals surface area contributed by atoms with E-state index in [-0.39, 0.29) is 17.9 Å². The van der Waals surface area contributed by atoms with Crippen LogP contribution >= 0.6 is 0 Å². The lowest BCUT2D eigenvalue weighted by molar-refractivity contribution is 0.0206. The average molecular weight is 647 g/mol. The summed E-state index contributed by atoms with van der Waals surface area (Å²) in [5, 5.41) is 4.87. The van der Waals surface area contributed by atoms with Crippen molar-refractivity contribution in [3.8, 4) is 22.9 Å². The summed E-state index contributed by atoms with van der Waals surface area (Å²) in [6.07, 6.45) is 6.08. The van der Waals surface area contributed by atoms with E-state index in [1.165, 1.54) is 0 Å². The molecule has 12 heteroatoms. The highest BCUT2D eigenvalue weighted by Gasteiger charge is 2.28.